The van der Waals surface area contributed by atoms with Crippen LogP contribution in [-0.2, 0) is 9.84 Å². The molecule has 0 aliphatic rings. The molecule has 0 saturated heterocycles. The first-order valence-corrected chi connectivity index (χ1v) is 5.53. The molecule has 0 aliphatic heterocycles. The summed E-state index contributed by atoms with van der Waals surface area (Å²) in [6.07, 6.45) is 0. The van der Waals surface area contributed by atoms with Gasteiger partial charge in [-0.3, -0.25) is 0 Å². The molecule has 0 unspecified atom stereocenters. The third-order valence-electron chi connectivity index (χ3n) is 1.85. The lowest BCUT2D eigenvalue weighted by atomic mass is 10.2. The number of hydrogen-bond donors (Lipinski definition) is 1. The van der Waals surface area contributed by atoms with Gasteiger partial charge in [0, 0.05) is 0 Å². The average molecular weight is 200 g/mol. The molecule has 72 valence electrons. The zero-order valence-corrected chi connectivity index (χ0v) is 8.43. The fourth-order valence-electron chi connectivity index (χ4n) is 1.11. The molecule has 1 N–H and O–H groups in total. The Morgan fingerprint density at radius 2 is 1.92 bits per heavy atom. The molecular formula is C9H12O3S. The Bertz CT molecular complexity index is 407. The maximum Gasteiger partial charge on any atom is 0.202 e. The van der Waals surface area contributed by atoms with Crippen molar-refractivity contribution in [2.24, 2.45) is 0 Å². The van der Waals surface area contributed by atoms with Crippen molar-refractivity contribution < 1.29 is 13.5 Å². The lowest BCUT2D eigenvalue weighted by Gasteiger charge is -2.05. The Balaban J connectivity index is 3.38. The summed E-state index contributed by atoms with van der Waals surface area (Å²) in [5.74, 6) is -0.836. The number of benzene rings is 1. The zero-order chi connectivity index (χ0) is 10.1. The first-order valence-electron chi connectivity index (χ1n) is 3.88. The van der Waals surface area contributed by atoms with Crippen LogP contribution in [0.1, 0.15) is 11.1 Å². The van der Waals surface area contributed by atoms with Gasteiger partial charge >= 0.3 is 0 Å². The number of sulfone groups is 1. The summed E-state index contributed by atoms with van der Waals surface area (Å²) in [4.78, 5) is 0.218. The lowest BCUT2D eigenvalue weighted by molar-refractivity contribution is 0.358. The van der Waals surface area contributed by atoms with Crippen LogP contribution in [0, 0.1) is 13.8 Å². The summed E-state index contributed by atoms with van der Waals surface area (Å²) in [6, 6.07) is 5.14. The molecule has 1 aromatic carbocycles. The summed E-state index contributed by atoms with van der Waals surface area (Å²) in [7, 11) is -3.50. The van der Waals surface area contributed by atoms with Crippen LogP contribution in [0.5, 0.6) is 0 Å². The molecule has 0 radical (unpaired) electrons. The van der Waals surface area contributed by atoms with E-state index < -0.39 is 15.8 Å². The third-order valence-corrected chi connectivity index (χ3v) is 3.30. The highest BCUT2D eigenvalue weighted by Gasteiger charge is 2.14. The van der Waals surface area contributed by atoms with Gasteiger partial charge in [-0.05, 0) is 31.0 Å². The van der Waals surface area contributed by atoms with Gasteiger partial charge in [-0.15, -0.1) is 0 Å². The zero-order valence-electron chi connectivity index (χ0n) is 7.61. The van der Waals surface area contributed by atoms with Crippen molar-refractivity contribution in [3.63, 3.8) is 0 Å². The quantitative estimate of drug-likeness (QED) is 0.775. The van der Waals surface area contributed by atoms with Gasteiger partial charge < -0.3 is 5.11 Å². The molecule has 4 heteroatoms. The largest absolute Gasteiger partial charge is 0.380 e. The van der Waals surface area contributed by atoms with E-state index in [2.05, 4.69) is 0 Å². The molecule has 0 spiro atoms. The van der Waals surface area contributed by atoms with Crippen molar-refractivity contribution in [2.75, 3.05) is 5.94 Å². The minimum atomic E-state index is -3.50. The van der Waals surface area contributed by atoms with Crippen LogP contribution in [0.25, 0.3) is 0 Å². The van der Waals surface area contributed by atoms with Crippen LogP contribution in [0.4, 0.5) is 0 Å². The van der Waals surface area contributed by atoms with E-state index in [4.69, 9.17) is 5.11 Å². The van der Waals surface area contributed by atoms with Crippen LogP contribution < -0.4 is 0 Å². The fraction of sp³-hybridized carbons (Fsp3) is 0.333. The predicted octanol–water partition coefficient (Wildman–Crippen LogP) is 1.03. The highest BCUT2D eigenvalue weighted by molar-refractivity contribution is 7.91. The molecule has 0 heterocycles. The van der Waals surface area contributed by atoms with Crippen molar-refractivity contribution >= 4 is 9.84 Å². The van der Waals surface area contributed by atoms with E-state index in [0.29, 0.717) is 5.56 Å². The van der Waals surface area contributed by atoms with Crippen molar-refractivity contribution in [3.05, 3.63) is 29.3 Å². The first kappa shape index (κ1) is 10.2. The van der Waals surface area contributed by atoms with Crippen LogP contribution in [0.2, 0.25) is 0 Å². The Kier molecular flexibility index (Phi) is 2.73. The highest BCUT2D eigenvalue weighted by atomic mass is 32.2. The SMILES string of the molecule is Cc1ccc(C)c(S(=O)(=O)CO)c1. The minimum Gasteiger partial charge on any atom is -0.380 e. The standard InChI is InChI=1S/C9H12O3S/c1-7-3-4-8(2)9(5-7)13(11,12)6-10/h3-5,10H,6H2,1-2H3. The first-order chi connectivity index (χ1) is 5.97. The van der Waals surface area contributed by atoms with E-state index in [1.54, 1.807) is 19.1 Å². The molecule has 0 amide bonds. The van der Waals surface area contributed by atoms with Gasteiger partial charge in [0.2, 0.25) is 9.84 Å². The van der Waals surface area contributed by atoms with Crippen LogP contribution in [-0.4, -0.2) is 19.5 Å². The molecule has 1 rings (SSSR count). The van der Waals surface area contributed by atoms with Gasteiger partial charge in [-0.1, -0.05) is 12.1 Å². The minimum absolute atomic E-state index is 0.218. The topological polar surface area (TPSA) is 54.4 Å². The monoisotopic (exact) mass is 200 g/mol. The molecule has 0 bridgehead atoms. The maximum absolute atomic E-state index is 11.3. The second-order valence-electron chi connectivity index (χ2n) is 3.01. The number of rotatable bonds is 2. The Hall–Kier alpha value is -0.870. The van der Waals surface area contributed by atoms with Crippen molar-refractivity contribution in [1.29, 1.82) is 0 Å². The van der Waals surface area contributed by atoms with Gasteiger partial charge in [0.15, 0.2) is 0 Å². The molecule has 0 atom stereocenters. The molecule has 1 aromatic rings. The second-order valence-corrected chi connectivity index (χ2v) is 4.94. The van der Waals surface area contributed by atoms with Crippen LogP contribution in [0.15, 0.2) is 23.1 Å². The molecule has 0 saturated carbocycles. The van der Waals surface area contributed by atoms with Gasteiger partial charge in [0.1, 0.15) is 5.94 Å². The van der Waals surface area contributed by atoms with Gasteiger partial charge in [-0.2, -0.15) is 0 Å². The molecule has 3 nitrogen and oxygen atoms in total. The normalized spacial score (nSPS) is 11.6. The molecule has 0 aliphatic carbocycles. The second kappa shape index (κ2) is 3.47. The summed E-state index contributed by atoms with van der Waals surface area (Å²) < 4.78 is 22.6. The summed E-state index contributed by atoms with van der Waals surface area (Å²) >= 11 is 0. The summed E-state index contributed by atoms with van der Waals surface area (Å²) in [5, 5.41) is 8.67. The van der Waals surface area contributed by atoms with E-state index >= 15 is 0 Å². The van der Waals surface area contributed by atoms with Gasteiger partial charge in [0.05, 0.1) is 4.90 Å². The number of aryl methyl sites for hydroxylation is 2. The Morgan fingerprint density at radius 1 is 1.31 bits per heavy atom. The lowest BCUT2D eigenvalue weighted by Crippen LogP contribution is -2.07. The highest BCUT2D eigenvalue weighted by Crippen LogP contribution is 2.17. The van der Waals surface area contributed by atoms with E-state index in [0.717, 1.165) is 5.56 Å². The third kappa shape index (κ3) is 2.08. The molecule has 0 fully saturated rings. The van der Waals surface area contributed by atoms with E-state index in [1.807, 2.05) is 13.0 Å². The van der Waals surface area contributed by atoms with Gasteiger partial charge in [-0.25, -0.2) is 8.42 Å². The number of hydrogen-bond acceptors (Lipinski definition) is 3. The molecule has 13 heavy (non-hydrogen) atoms. The smallest absolute Gasteiger partial charge is 0.202 e. The predicted molar refractivity (Wildman–Crippen MR) is 50.2 cm³/mol. The van der Waals surface area contributed by atoms with E-state index in [9.17, 15) is 8.42 Å². The van der Waals surface area contributed by atoms with Crippen LogP contribution >= 0.6 is 0 Å². The number of aliphatic hydroxyl groups is 1. The van der Waals surface area contributed by atoms with E-state index in [1.165, 1.54) is 0 Å². The number of aliphatic hydroxyl groups excluding tert-OH is 1. The summed E-state index contributed by atoms with van der Waals surface area (Å²) in [6.45, 7) is 3.53. The van der Waals surface area contributed by atoms with Gasteiger partial charge in [0.25, 0.3) is 0 Å². The van der Waals surface area contributed by atoms with Crippen molar-refractivity contribution in [3.8, 4) is 0 Å². The fourth-order valence-corrected chi connectivity index (χ4v) is 2.18. The van der Waals surface area contributed by atoms with Crippen molar-refractivity contribution in [1.82, 2.24) is 0 Å². The van der Waals surface area contributed by atoms with Crippen LogP contribution in [0.3, 0.4) is 0 Å². The Morgan fingerprint density at radius 3 is 2.46 bits per heavy atom. The summed E-state index contributed by atoms with van der Waals surface area (Å²) in [5.41, 5.74) is 1.54. The Labute approximate surface area is 77.9 Å². The average Bonchev–Trinajstić information content (AvgIpc) is 2.09. The molecular weight excluding hydrogens is 188 g/mol. The van der Waals surface area contributed by atoms with Crippen molar-refractivity contribution in [2.45, 2.75) is 18.7 Å². The van der Waals surface area contributed by atoms with E-state index in [-0.39, 0.29) is 4.90 Å². The maximum atomic E-state index is 11.3. The molecule has 0 aromatic heterocycles.